The van der Waals surface area contributed by atoms with E-state index in [0.717, 1.165) is 11.1 Å². The van der Waals surface area contributed by atoms with Gasteiger partial charge in [-0.15, -0.1) is 0 Å². The maximum absolute atomic E-state index is 6.55. The highest BCUT2D eigenvalue weighted by atomic mass is 35.5. The van der Waals surface area contributed by atoms with Crippen LogP contribution in [0.25, 0.3) is 0 Å². The lowest BCUT2D eigenvalue weighted by atomic mass is 9.82. The number of nitrogens with two attached hydrogens (primary N) is 1. The first kappa shape index (κ1) is 13.1. The summed E-state index contributed by atoms with van der Waals surface area (Å²) in [6.07, 6.45) is 0. The summed E-state index contributed by atoms with van der Waals surface area (Å²) in [7, 11) is 0. The molecule has 0 aliphatic heterocycles. The van der Waals surface area contributed by atoms with Crippen LogP contribution < -0.4 is 5.73 Å². The van der Waals surface area contributed by atoms with Gasteiger partial charge < -0.3 is 5.73 Å². The van der Waals surface area contributed by atoms with Crippen molar-refractivity contribution in [3.8, 4) is 0 Å². The predicted octanol–water partition coefficient (Wildman–Crippen LogP) is 4.18. The van der Waals surface area contributed by atoms with Gasteiger partial charge in [0.15, 0.2) is 0 Å². The van der Waals surface area contributed by atoms with Gasteiger partial charge in [0.1, 0.15) is 0 Å². The topological polar surface area (TPSA) is 26.0 Å². The third kappa shape index (κ3) is 2.16. The molecular weight excluding hydrogens is 242 g/mol. The van der Waals surface area contributed by atoms with Gasteiger partial charge in [-0.25, -0.2) is 0 Å². The van der Waals surface area contributed by atoms with Gasteiger partial charge in [0.2, 0.25) is 0 Å². The zero-order valence-corrected chi connectivity index (χ0v) is 11.8. The third-order valence-electron chi connectivity index (χ3n) is 3.60. The third-order valence-corrected chi connectivity index (χ3v) is 3.93. The quantitative estimate of drug-likeness (QED) is 0.860. The molecule has 0 radical (unpaired) electrons. The molecule has 0 aliphatic carbocycles. The highest BCUT2D eigenvalue weighted by Crippen LogP contribution is 2.34. The zero-order chi connectivity index (χ0) is 13.3. The molecule has 2 N–H and O–H groups in total. The van der Waals surface area contributed by atoms with Crippen LogP contribution in [0.3, 0.4) is 0 Å². The van der Waals surface area contributed by atoms with Crippen molar-refractivity contribution in [3.63, 3.8) is 0 Å². The minimum Gasteiger partial charge on any atom is -0.318 e. The standard InChI is InChI=1S/C16H18ClN/c1-11-7-6-9-13(12(11)2)16(3,18)14-8-4-5-10-15(14)17/h4-10H,18H2,1-3H3. The first-order chi connectivity index (χ1) is 8.44. The minimum atomic E-state index is -0.575. The Balaban J connectivity index is 2.62. The summed E-state index contributed by atoms with van der Waals surface area (Å²) in [5.41, 5.74) is 10.5. The number of aryl methyl sites for hydroxylation is 1. The Hall–Kier alpha value is -1.31. The van der Waals surface area contributed by atoms with Gasteiger partial charge >= 0.3 is 0 Å². The summed E-state index contributed by atoms with van der Waals surface area (Å²) in [4.78, 5) is 0. The van der Waals surface area contributed by atoms with Crippen LogP contribution in [0.5, 0.6) is 0 Å². The Bertz CT molecular complexity index is 573. The fourth-order valence-electron chi connectivity index (χ4n) is 2.34. The molecule has 0 heterocycles. The van der Waals surface area contributed by atoms with Crippen molar-refractivity contribution < 1.29 is 0 Å². The Morgan fingerprint density at radius 1 is 0.944 bits per heavy atom. The second kappa shape index (κ2) is 4.75. The molecule has 18 heavy (non-hydrogen) atoms. The highest BCUT2D eigenvalue weighted by Gasteiger charge is 2.27. The van der Waals surface area contributed by atoms with Gasteiger partial charge in [-0.2, -0.15) is 0 Å². The monoisotopic (exact) mass is 259 g/mol. The molecule has 1 atom stereocenters. The van der Waals surface area contributed by atoms with Crippen molar-refractivity contribution >= 4 is 11.6 Å². The van der Waals surface area contributed by atoms with E-state index in [-0.39, 0.29) is 0 Å². The van der Waals surface area contributed by atoms with E-state index in [0.29, 0.717) is 5.02 Å². The Morgan fingerprint density at radius 3 is 2.22 bits per heavy atom. The maximum Gasteiger partial charge on any atom is 0.0654 e. The SMILES string of the molecule is Cc1cccc(C(C)(N)c2ccccc2Cl)c1C. The number of halogens is 1. The molecule has 0 fully saturated rings. The Kier molecular flexibility index (Phi) is 3.47. The van der Waals surface area contributed by atoms with Crippen LogP contribution in [0.15, 0.2) is 42.5 Å². The molecule has 2 rings (SSSR count). The molecule has 2 aromatic rings. The second-order valence-corrected chi connectivity index (χ2v) is 5.34. The highest BCUT2D eigenvalue weighted by molar-refractivity contribution is 6.31. The Morgan fingerprint density at radius 2 is 1.56 bits per heavy atom. The molecular formula is C16H18ClN. The van der Waals surface area contributed by atoms with Crippen LogP contribution in [0.4, 0.5) is 0 Å². The van der Waals surface area contributed by atoms with Crippen LogP contribution in [0, 0.1) is 13.8 Å². The minimum absolute atomic E-state index is 0.575. The molecule has 0 saturated carbocycles. The van der Waals surface area contributed by atoms with E-state index in [1.807, 2.05) is 37.3 Å². The van der Waals surface area contributed by atoms with Gasteiger partial charge in [0.05, 0.1) is 5.54 Å². The lowest BCUT2D eigenvalue weighted by molar-refractivity contribution is 0.598. The molecule has 0 saturated heterocycles. The number of benzene rings is 2. The molecule has 0 bridgehead atoms. The van der Waals surface area contributed by atoms with Crippen LogP contribution in [-0.4, -0.2) is 0 Å². The normalized spacial score (nSPS) is 14.3. The fraction of sp³-hybridized carbons (Fsp3) is 0.250. The summed E-state index contributed by atoms with van der Waals surface area (Å²) in [6.45, 7) is 6.21. The van der Waals surface area contributed by atoms with Crippen molar-refractivity contribution in [2.75, 3.05) is 0 Å². The summed E-state index contributed by atoms with van der Waals surface area (Å²) < 4.78 is 0. The maximum atomic E-state index is 6.55. The molecule has 1 unspecified atom stereocenters. The van der Waals surface area contributed by atoms with Gasteiger partial charge in [-0.3, -0.25) is 0 Å². The Labute approximate surface area is 114 Å². The summed E-state index contributed by atoms with van der Waals surface area (Å²) in [6, 6.07) is 14.0. The largest absolute Gasteiger partial charge is 0.318 e. The zero-order valence-electron chi connectivity index (χ0n) is 11.0. The van der Waals surface area contributed by atoms with E-state index in [1.165, 1.54) is 11.1 Å². The van der Waals surface area contributed by atoms with E-state index in [2.05, 4.69) is 26.0 Å². The average molecular weight is 260 g/mol. The molecule has 1 nitrogen and oxygen atoms in total. The molecule has 2 heteroatoms. The molecule has 0 aliphatic rings. The van der Waals surface area contributed by atoms with E-state index in [9.17, 15) is 0 Å². The number of hydrogen-bond donors (Lipinski definition) is 1. The van der Waals surface area contributed by atoms with Crippen molar-refractivity contribution in [1.82, 2.24) is 0 Å². The van der Waals surface area contributed by atoms with Gasteiger partial charge in [0.25, 0.3) is 0 Å². The summed E-state index contributed by atoms with van der Waals surface area (Å²) in [5.74, 6) is 0. The lowest BCUT2D eigenvalue weighted by Gasteiger charge is -2.29. The van der Waals surface area contributed by atoms with Gasteiger partial charge in [-0.1, -0.05) is 48.0 Å². The smallest absolute Gasteiger partial charge is 0.0654 e. The first-order valence-electron chi connectivity index (χ1n) is 6.05. The van der Waals surface area contributed by atoms with E-state index in [4.69, 9.17) is 17.3 Å². The van der Waals surface area contributed by atoms with Gasteiger partial charge in [-0.05, 0) is 49.1 Å². The number of rotatable bonds is 2. The van der Waals surface area contributed by atoms with Crippen molar-refractivity contribution in [1.29, 1.82) is 0 Å². The van der Waals surface area contributed by atoms with Crippen LogP contribution in [-0.2, 0) is 5.54 Å². The average Bonchev–Trinajstić information content (AvgIpc) is 2.32. The second-order valence-electron chi connectivity index (χ2n) is 4.93. The van der Waals surface area contributed by atoms with E-state index >= 15 is 0 Å². The fourth-order valence-corrected chi connectivity index (χ4v) is 2.67. The lowest BCUT2D eigenvalue weighted by Crippen LogP contribution is -2.35. The summed E-state index contributed by atoms with van der Waals surface area (Å²) in [5, 5.41) is 0.711. The molecule has 94 valence electrons. The molecule has 2 aromatic carbocycles. The van der Waals surface area contributed by atoms with Crippen molar-refractivity contribution in [2.45, 2.75) is 26.3 Å². The predicted molar refractivity (Wildman–Crippen MR) is 78.0 cm³/mol. The molecule has 0 aromatic heterocycles. The molecule has 0 amide bonds. The van der Waals surface area contributed by atoms with Crippen LogP contribution in [0.2, 0.25) is 5.02 Å². The molecule has 0 spiro atoms. The van der Waals surface area contributed by atoms with Crippen molar-refractivity contribution in [2.24, 2.45) is 5.73 Å². The summed E-state index contributed by atoms with van der Waals surface area (Å²) >= 11 is 6.27. The van der Waals surface area contributed by atoms with Crippen LogP contribution >= 0.6 is 11.6 Å². The van der Waals surface area contributed by atoms with E-state index in [1.54, 1.807) is 0 Å². The van der Waals surface area contributed by atoms with Crippen LogP contribution in [0.1, 0.15) is 29.2 Å². The van der Waals surface area contributed by atoms with E-state index < -0.39 is 5.54 Å². The van der Waals surface area contributed by atoms with Crippen molar-refractivity contribution in [3.05, 3.63) is 69.7 Å². The first-order valence-corrected chi connectivity index (χ1v) is 6.43. The van der Waals surface area contributed by atoms with Gasteiger partial charge in [0, 0.05) is 5.02 Å². The number of hydrogen-bond acceptors (Lipinski definition) is 1.